The number of carbonyl (C=O) groups is 2. The number of aryl methyl sites for hydroxylation is 1. The second kappa shape index (κ2) is 9.90. The summed E-state index contributed by atoms with van der Waals surface area (Å²) < 4.78 is 16.1. The van der Waals surface area contributed by atoms with Crippen molar-refractivity contribution in [2.45, 2.75) is 19.6 Å². The van der Waals surface area contributed by atoms with Crippen LogP contribution in [-0.2, 0) is 20.9 Å². The molecule has 8 nitrogen and oxygen atoms in total. The number of hydrogen-bond donors (Lipinski definition) is 3. The lowest BCUT2D eigenvalue weighted by atomic mass is 10.1. The maximum Gasteiger partial charge on any atom is 0.309 e. The number of ether oxygens (including phenoxy) is 3. The summed E-state index contributed by atoms with van der Waals surface area (Å²) >= 11 is 0. The van der Waals surface area contributed by atoms with Crippen LogP contribution in [0.2, 0.25) is 0 Å². The van der Waals surface area contributed by atoms with Gasteiger partial charge in [0.25, 0.3) is 0 Å². The third-order valence-corrected chi connectivity index (χ3v) is 4.40. The maximum absolute atomic E-state index is 12.1. The van der Waals surface area contributed by atoms with E-state index in [1.54, 1.807) is 18.2 Å². The highest BCUT2D eigenvalue weighted by Gasteiger charge is 2.18. The fraction of sp³-hybridized carbons (Fsp3) is 0.333. The summed E-state index contributed by atoms with van der Waals surface area (Å²) in [5.41, 5.74) is 2.74. The summed E-state index contributed by atoms with van der Waals surface area (Å²) in [5.74, 6) is -0.228. The Bertz CT molecular complexity index is 853. The van der Waals surface area contributed by atoms with E-state index in [4.69, 9.17) is 19.3 Å². The van der Waals surface area contributed by atoms with Gasteiger partial charge in [-0.15, -0.1) is 0 Å². The van der Waals surface area contributed by atoms with E-state index in [9.17, 15) is 9.59 Å². The van der Waals surface area contributed by atoms with Gasteiger partial charge in [-0.2, -0.15) is 0 Å². The van der Waals surface area contributed by atoms with Crippen LogP contribution in [-0.4, -0.2) is 43.5 Å². The number of rotatable bonds is 8. The van der Waals surface area contributed by atoms with Crippen molar-refractivity contribution in [3.63, 3.8) is 0 Å². The summed E-state index contributed by atoms with van der Waals surface area (Å²) in [6.45, 7) is 2.44. The van der Waals surface area contributed by atoms with E-state index in [-0.39, 0.29) is 33.1 Å². The standard InChI is InChI=1S/C21H24N2O6/c1-14-2-5-16(6-3-14)19(27-9-8-24)12-23-21(26)20(25)22-11-15-4-7-17-18(10-15)29-13-28-17/h2-7,10,19,24H,8-9,11-13H2,1H3,(H,22,25)(H,23,26). The molecule has 1 aliphatic heterocycles. The number of nitrogens with one attached hydrogen (secondary N) is 2. The third-order valence-electron chi connectivity index (χ3n) is 4.40. The molecule has 1 unspecified atom stereocenters. The molecule has 1 heterocycles. The minimum atomic E-state index is -0.754. The van der Waals surface area contributed by atoms with Crippen LogP contribution in [0.5, 0.6) is 11.5 Å². The molecule has 0 saturated carbocycles. The third kappa shape index (κ3) is 5.69. The quantitative estimate of drug-likeness (QED) is 0.575. The van der Waals surface area contributed by atoms with E-state index >= 15 is 0 Å². The molecular formula is C21H24N2O6. The molecule has 0 aromatic heterocycles. The molecule has 1 aliphatic rings. The van der Waals surface area contributed by atoms with Crippen LogP contribution in [0.3, 0.4) is 0 Å². The Morgan fingerprint density at radius 3 is 2.55 bits per heavy atom. The molecule has 8 heteroatoms. The summed E-state index contributed by atoms with van der Waals surface area (Å²) in [5, 5.41) is 14.2. The molecule has 2 amide bonds. The van der Waals surface area contributed by atoms with Crippen molar-refractivity contribution in [3.05, 3.63) is 59.2 Å². The summed E-state index contributed by atoms with van der Waals surface area (Å²) in [4.78, 5) is 24.2. The van der Waals surface area contributed by atoms with Crippen LogP contribution in [0.15, 0.2) is 42.5 Å². The smallest absolute Gasteiger partial charge is 0.309 e. The van der Waals surface area contributed by atoms with Crippen LogP contribution in [0.1, 0.15) is 22.8 Å². The van der Waals surface area contributed by atoms with Gasteiger partial charge in [-0.05, 0) is 30.2 Å². The van der Waals surface area contributed by atoms with Crippen LogP contribution < -0.4 is 20.1 Å². The van der Waals surface area contributed by atoms with Gasteiger partial charge < -0.3 is 30.0 Å². The van der Waals surface area contributed by atoms with E-state index in [1.165, 1.54) is 0 Å². The largest absolute Gasteiger partial charge is 0.454 e. The summed E-state index contributed by atoms with van der Waals surface area (Å²) in [7, 11) is 0. The van der Waals surface area contributed by atoms with Gasteiger partial charge in [0.15, 0.2) is 11.5 Å². The molecule has 29 heavy (non-hydrogen) atoms. The number of aliphatic hydroxyl groups is 1. The van der Waals surface area contributed by atoms with Gasteiger partial charge in [0.1, 0.15) is 0 Å². The molecule has 0 bridgehead atoms. The van der Waals surface area contributed by atoms with E-state index < -0.39 is 17.9 Å². The van der Waals surface area contributed by atoms with Crippen molar-refractivity contribution in [2.75, 3.05) is 26.6 Å². The van der Waals surface area contributed by atoms with Crippen molar-refractivity contribution in [3.8, 4) is 11.5 Å². The molecule has 3 rings (SSSR count). The average molecular weight is 400 g/mol. The zero-order chi connectivity index (χ0) is 20.6. The first-order chi connectivity index (χ1) is 14.1. The molecule has 0 aliphatic carbocycles. The van der Waals surface area contributed by atoms with Gasteiger partial charge in [-0.3, -0.25) is 9.59 Å². The van der Waals surface area contributed by atoms with Crippen molar-refractivity contribution in [1.82, 2.24) is 10.6 Å². The Kier molecular flexibility index (Phi) is 7.04. The van der Waals surface area contributed by atoms with Crippen LogP contribution in [0.25, 0.3) is 0 Å². The lowest BCUT2D eigenvalue weighted by Gasteiger charge is -2.18. The number of aliphatic hydroxyl groups excluding tert-OH is 1. The van der Waals surface area contributed by atoms with Crippen molar-refractivity contribution >= 4 is 11.8 Å². The Morgan fingerprint density at radius 1 is 1.07 bits per heavy atom. The minimum Gasteiger partial charge on any atom is -0.454 e. The highest BCUT2D eigenvalue weighted by Crippen LogP contribution is 2.32. The molecule has 0 spiro atoms. The van der Waals surface area contributed by atoms with Gasteiger partial charge >= 0.3 is 11.8 Å². The second-order valence-corrected chi connectivity index (χ2v) is 6.57. The first-order valence-corrected chi connectivity index (χ1v) is 9.30. The van der Waals surface area contributed by atoms with Crippen molar-refractivity contribution in [1.29, 1.82) is 0 Å². The molecule has 2 aromatic rings. The van der Waals surface area contributed by atoms with E-state index in [2.05, 4.69) is 10.6 Å². The van der Waals surface area contributed by atoms with Gasteiger partial charge in [0, 0.05) is 13.1 Å². The fourth-order valence-electron chi connectivity index (χ4n) is 2.83. The zero-order valence-corrected chi connectivity index (χ0v) is 16.1. The molecule has 3 N–H and O–H groups in total. The number of carbonyl (C=O) groups excluding carboxylic acids is 2. The summed E-state index contributed by atoms with van der Waals surface area (Å²) in [6.07, 6.45) is -0.464. The maximum atomic E-state index is 12.1. The highest BCUT2D eigenvalue weighted by molar-refractivity contribution is 6.35. The number of benzene rings is 2. The van der Waals surface area contributed by atoms with Crippen LogP contribution in [0, 0.1) is 6.92 Å². The lowest BCUT2D eigenvalue weighted by molar-refractivity contribution is -0.139. The molecule has 1 atom stereocenters. The Labute approximate surface area is 168 Å². The van der Waals surface area contributed by atoms with E-state index in [0.29, 0.717) is 11.5 Å². The van der Waals surface area contributed by atoms with Gasteiger partial charge in [-0.25, -0.2) is 0 Å². The van der Waals surface area contributed by atoms with Crippen LogP contribution in [0.4, 0.5) is 0 Å². The van der Waals surface area contributed by atoms with Crippen molar-refractivity contribution < 1.29 is 28.9 Å². The molecule has 0 saturated heterocycles. The lowest BCUT2D eigenvalue weighted by Crippen LogP contribution is -2.41. The Hall–Kier alpha value is -3.10. The number of hydrogen-bond acceptors (Lipinski definition) is 6. The molecule has 0 radical (unpaired) electrons. The molecule has 154 valence electrons. The normalized spacial score (nSPS) is 13.0. The van der Waals surface area contributed by atoms with E-state index in [1.807, 2.05) is 31.2 Å². The average Bonchev–Trinajstić information content (AvgIpc) is 3.20. The topological polar surface area (TPSA) is 106 Å². The van der Waals surface area contributed by atoms with Crippen LogP contribution >= 0.6 is 0 Å². The zero-order valence-electron chi connectivity index (χ0n) is 16.1. The van der Waals surface area contributed by atoms with Crippen molar-refractivity contribution in [2.24, 2.45) is 0 Å². The van der Waals surface area contributed by atoms with Gasteiger partial charge in [0.2, 0.25) is 6.79 Å². The number of fused-ring (bicyclic) bond motifs is 1. The first kappa shape index (κ1) is 20.6. The second-order valence-electron chi connectivity index (χ2n) is 6.57. The monoisotopic (exact) mass is 400 g/mol. The Morgan fingerprint density at radius 2 is 1.79 bits per heavy atom. The van der Waals surface area contributed by atoms with E-state index in [0.717, 1.165) is 16.7 Å². The highest BCUT2D eigenvalue weighted by atomic mass is 16.7. The molecular weight excluding hydrogens is 376 g/mol. The number of amides is 2. The summed E-state index contributed by atoms with van der Waals surface area (Å²) in [6, 6.07) is 13.0. The van der Waals surface area contributed by atoms with Gasteiger partial charge in [0.05, 0.1) is 19.3 Å². The predicted molar refractivity (Wildman–Crippen MR) is 104 cm³/mol. The van der Waals surface area contributed by atoms with Gasteiger partial charge in [-0.1, -0.05) is 35.9 Å². The fourth-order valence-corrected chi connectivity index (χ4v) is 2.83. The minimum absolute atomic E-state index is 0.110. The first-order valence-electron chi connectivity index (χ1n) is 9.30. The predicted octanol–water partition coefficient (Wildman–Crippen LogP) is 1.21. The molecule has 2 aromatic carbocycles. The molecule has 0 fully saturated rings. The Balaban J connectivity index is 1.50. The SMILES string of the molecule is Cc1ccc(C(CNC(=O)C(=O)NCc2ccc3c(c2)OCO3)OCCO)cc1.